The van der Waals surface area contributed by atoms with Crippen molar-refractivity contribution in [2.75, 3.05) is 0 Å². The number of carboxylic acid groups (broad SMARTS) is 1. The van der Waals surface area contributed by atoms with Crippen molar-refractivity contribution in [3.8, 4) is 0 Å². The zero-order valence-corrected chi connectivity index (χ0v) is 9.12. The van der Waals surface area contributed by atoms with E-state index in [0.29, 0.717) is 0 Å². The van der Waals surface area contributed by atoms with E-state index in [0.717, 1.165) is 0 Å². The number of halogens is 1. The van der Waals surface area contributed by atoms with Crippen molar-refractivity contribution in [1.82, 2.24) is 3.93 Å². The fourth-order valence-corrected chi connectivity index (χ4v) is 2.21. The number of sulfonamides is 1. The summed E-state index contributed by atoms with van der Waals surface area (Å²) in [5.74, 6) is 3.87. The molecule has 0 saturated heterocycles. The molecule has 3 N–H and O–H groups in total. The molecule has 1 rings (SSSR count). The van der Waals surface area contributed by atoms with Gasteiger partial charge in [0.2, 0.25) is 0 Å². The van der Waals surface area contributed by atoms with Crippen molar-refractivity contribution in [1.29, 1.82) is 0 Å². The average Bonchev–Trinajstić information content (AvgIpc) is 2.17. The second-order valence-corrected chi connectivity index (χ2v) is 5.31. The second-order valence-electron chi connectivity index (χ2n) is 2.88. The highest BCUT2D eigenvalue weighted by Crippen LogP contribution is 2.24. The molecule has 0 spiro atoms. The average molecular weight is 253 g/mol. The molecule has 0 atom stereocenters. The molecule has 1 aliphatic rings. The summed E-state index contributed by atoms with van der Waals surface area (Å²) in [6.45, 7) is 0. The molecule has 0 radical (unpaired) electrons. The summed E-state index contributed by atoms with van der Waals surface area (Å²) >= 11 is 5.15. The largest absolute Gasteiger partial charge is 0.478 e. The minimum atomic E-state index is -3.85. The van der Waals surface area contributed by atoms with Gasteiger partial charge in [0.1, 0.15) is 0 Å². The maximum atomic E-state index is 11.4. The highest BCUT2D eigenvalue weighted by molar-refractivity contribution is 7.93. The summed E-state index contributed by atoms with van der Waals surface area (Å²) < 4.78 is 22.9. The van der Waals surface area contributed by atoms with Crippen molar-refractivity contribution < 1.29 is 18.3 Å². The van der Waals surface area contributed by atoms with Gasteiger partial charge in [-0.15, -0.1) is 0 Å². The third-order valence-corrected chi connectivity index (χ3v) is 3.95. The van der Waals surface area contributed by atoms with Crippen molar-refractivity contribution in [3.63, 3.8) is 0 Å². The topological polar surface area (TPSA) is 101 Å². The number of hydrogen-bond acceptors (Lipinski definition) is 4. The number of aliphatic carboxylic acids is 1. The van der Waals surface area contributed by atoms with Crippen LogP contribution in [0, 0.1) is 0 Å². The predicted octanol–water partition coefficient (Wildman–Crippen LogP) is 0.334. The Kier molecular flexibility index (Phi) is 3.50. The van der Waals surface area contributed by atoms with E-state index in [2.05, 4.69) is 0 Å². The van der Waals surface area contributed by atoms with Gasteiger partial charge in [-0.1, -0.05) is 6.08 Å². The van der Waals surface area contributed by atoms with E-state index in [1.807, 2.05) is 0 Å². The molecule has 0 amide bonds. The Bertz CT molecular complexity index is 438. The molecule has 8 heteroatoms. The SMILES string of the molecule is NN(Cl)S(=O)(=O)C1=CC=C(C(=O)O)CC1. The lowest BCUT2D eigenvalue weighted by molar-refractivity contribution is -0.132. The van der Waals surface area contributed by atoms with Gasteiger partial charge in [0.05, 0.1) is 4.91 Å². The molecule has 1 aliphatic carbocycles. The van der Waals surface area contributed by atoms with Crippen LogP contribution in [0.15, 0.2) is 22.6 Å². The zero-order valence-electron chi connectivity index (χ0n) is 7.55. The van der Waals surface area contributed by atoms with Gasteiger partial charge < -0.3 is 5.11 Å². The first-order chi connectivity index (χ1) is 6.85. The summed E-state index contributed by atoms with van der Waals surface area (Å²) in [5, 5.41) is 8.63. The van der Waals surface area contributed by atoms with E-state index in [9.17, 15) is 13.2 Å². The lowest BCUT2D eigenvalue weighted by atomic mass is 10.1. The van der Waals surface area contributed by atoms with Gasteiger partial charge in [-0.2, -0.15) is 0 Å². The van der Waals surface area contributed by atoms with E-state index in [-0.39, 0.29) is 27.3 Å². The number of allylic oxidation sites excluding steroid dienone is 3. The van der Waals surface area contributed by atoms with E-state index in [1.54, 1.807) is 0 Å². The van der Waals surface area contributed by atoms with Crippen molar-refractivity contribution in [3.05, 3.63) is 22.6 Å². The number of nitrogens with two attached hydrogens (primary N) is 1. The first-order valence-electron chi connectivity index (χ1n) is 3.94. The van der Waals surface area contributed by atoms with Gasteiger partial charge in [-0.25, -0.2) is 19.1 Å². The maximum absolute atomic E-state index is 11.4. The standard InChI is InChI=1S/C7H9ClN2O4S/c8-10(9)15(13,14)6-3-1-5(2-4-6)7(11)12/h1,3H,2,4,9H2,(H,11,12). The summed E-state index contributed by atoms with van der Waals surface area (Å²) in [7, 11) is -3.85. The molecule has 0 aromatic heterocycles. The maximum Gasteiger partial charge on any atom is 0.331 e. The van der Waals surface area contributed by atoms with E-state index in [4.69, 9.17) is 22.7 Å². The van der Waals surface area contributed by atoms with Crippen LogP contribution in [-0.2, 0) is 14.8 Å². The first kappa shape index (κ1) is 12.2. The van der Waals surface area contributed by atoms with Crippen LogP contribution in [0.2, 0.25) is 0 Å². The van der Waals surface area contributed by atoms with Crippen molar-refractivity contribution in [2.45, 2.75) is 12.8 Å². The highest BCUT2D eigenvalue weighted by atomic mass is 35.5. The molecule has 0 aromatic rings. The molecule has 6 nitrogen and oxygen atoms in total. The Morgan fingerprint density at radius 3 is 2.40 bits per heavy atom. The number of rotatable bonds is 3. The normalized spacial score (nSPS) is 17.3. The number of hydrazine groups is 1. The van der Waals surface area contributed by atoms with Crippen LogP contribution in [0.25, 0.3) is 0 Å². The monoisotopic (exact) mass is 252 g/mol. The zero-order chi connectivity index (χ0) is 11.6. The Hall–Kier alpha value is -0.890. The minimum absolute atomic E-state index is 0.00463. The molecule has 84 valence electrons. The Balaban J connectivity index is 3.00. The van der Waals surface area contributed by atoms with Crippen LogP contribution < -0.4 is 5.84 Å². The van der Waals surface area contributed by atoms with Crippen LogP contribution in [0.3, 0.4) is 0 Å². The third kappa shape index (κ3) is 2.57. The van der Waals surface area contributed by atoms with E-state index in [1.165, 1.54) is 12.2 Å². The fourth-order valence-electron chi connectivity index (χ4n) is 1.12. The van der Waals surface area contributed by atoms with Crippen molar-refractivity contribution in [2.24, 2.45) is 5.84 Å². The Morgan fingerprint density at radius 1 is 1.47 bits per heavy atom. The highest BCUT2D eigenvalue weighted by Gasteiger charge is 2.25. The van der Waals surface area contributed by atoms with Crippen LogP contribution in [0.1, 0.15) is 12.8 Å². The molecule has 0 heterocycles. The predicted molar refractivity (Wildman–Crippen MR) is 53.8 cm³/mol. The third-order valence-electron chi connectivity index (χ3n) is 1.95. The molecule has 15 heavy (non-hydrogen) atoms. The van der Waals surface area contributed by atoms with Crippen LogP contribution in [0.5, 0.6) is 0 Å². The smallest absolute Gasteiger partial charge is 0.331 e. The Labute approximate surface area is 91.7 Å². The number of nitrogens with zero attached hydrogens (tertiary/aromatic N) is 1. The number of carboxylic acids is 1. The molecule has 0 aromatic carbocycles. The second kappa shape index (κ2) is 4.31. The van der Waals surface area contributed by atoms with Gasteiger partial charge in [0.25, 0.3) is 10.0 Å². The lowest BCUT2D eigenvalue weighted by Gasteiger charge is -2.14. The van der Waals surface area contributed by atoms with Crippen LogP contribution in [-0.4, -0.2) is 23.4 Å². The van der Waals surface area contributed by atoms with Crippen LogP contribution >= 0.6 is 11.8 Å². The molecule has 0 saturated carbocycles. The number of carbonyl (C=O) groups is 1. The molecule has 0 fully saturated rings. The molecular formula is C7H9ClN2O4S. The molecule has 0 unspecified atom stereocenters. The summed E-state index contributed by atoms with van der Waals surface area (Å²) in [5.41, 5.74) is 0.159. The summed E-state index contributed by atoms with van der Waals surface area (Å²) in [6, 6.07) is 0. The summed E-state index contributed by atoms with van der Waals surface area (Å²) in [4.78, 5) is 10.5. The van der Waals surface area contributed by atoms with Gasteiger partial charge in [0, 0.05) is 17.3 Å². The van der Waals surface area contributed by atoms with E-state index >= 15 is 0 Å². The van der Waals surface area contributed by atoms with Gasteiger partial charge in [-0.3, -0.25) is 0 Å². The quantitative estimate of drug-likeness (QED) is 0.428. The lowest BCUT2D eigenvalue weighted by Crippen LogP contribution is -2.29. The first-order valence-corrected chi connectivity index (χ1v) is 5.72. The Morgan fingerprint density at radius 2 is 2.07 bits per heavy atom. The van der Waals surface area contributed by atoms with Gasteiger partial charge >= 0.3 is 5.97 Å². The van der Waals surface area contributed by atoms with Crippen LogP contribution in [0.4, 0.5) is 0 Å². The van der Waals surface area contributed by atoms with E-state index < -0.39 is 16.0 Å². The summed E-state index contributed by atoms with van der Waals surface area (Å²) in [6.07, 6.45) is 2.66. The minimum Gasteiger partial charge on any atom is -0.478 e. The van der Waals surface area contributed by atoms with Gasteiger partial charge in [0.15, 0.2) is 0 Å². The van der Waals surface area contributed by atoms with Gasteiger partial charge in [-0.05, 0) is 22.9 Å². The molecule has 0 bridgehead atoms. The number of hydrogen-bond donors (Lipinski definition) is 2. The van der Waals surface area contributed by atoms with Crippen molar-refractivity contribution >= 4 is 27.8 Å². The molecule has 0 aliphatic heterocycles. The fraction of sp³-hybridized carbons (Fsp3) is 0.286. The molecular weight excluding hydrogens is 244 g/mol.